The van der Waals surface area contributed by atoms with Gasteiger partial charge in [-0.1, -0.05) is 326 Å². The fourth-order valence-electron chi connectivity index (χ4n) is 12.0. The van der Waals surface area contributed by atoms with Crippen LogP contribution in [0.4, 0.5) is 0 Å². The van der Waals surface area contributed by atoms with Gasteiger partial charge in [0.2, 0.25) is 5.91 Å². The molecule has 502 valence electrons. The highest BCUT2D eigenvalue weighted by Gasteiger charge is 2.44. The molecule has 1 saturated heterocycles. The van der Waals surface area contributed by atoms with E-state index in [9.17, 15) is 40.5 Å². The average molecular weight is 1200 g/mol. The standard InChI is InChI=1S/C74H141NO10/c1-3-5-7-9-11-13-15-17-19-21-23-25-26-27-28-29-30-31-32-33-34-35-36-37-38-39-40-41-42-44-46-48-50-52-54-56-58-60-62-67(78)73(83)75-65(64-84-74-72(82)71(81)70(80)68(63-76)85-74)69(79)66(77)61-59-57-55-53-51-49-47-45-43-24-22-20-18-16-14-12-10-8-6-4-2/h30-31,33-34,53,55,65-72,74,76-82H,3-29,32,35-52,54,56-64H2,1-2H3,(H,75,83)/b31-30-,34-33-,55-53+. The molecular weight excluding hydrogens is 1060 g/mol. The minimum absolute atomic E-state index is 0.255. The van der Waals surface area contributed by atoms with Crippen LogP contribution in [0.1, 0.15) is 361 Å². The number of carbonyl (C=O) groups is 1. The van der Waals surface area contributed by atoms with E-state index in [1.807, 2.05) is 0 Å². The molecule has 0 aromatic carbocycles. The lowest BCUT2D eigenvalue weighted by atomic mass is 9.98. The molecule has 11 nitrogen and oxygen atoms in total. The van der Waals surface area contributed by atoms with Crippen LogP contribution in [0.3, 0.4) is 0 Å². The molecule has 0 aromatic rings. The van der Waals surface area contributed by atoms with Crippen molar-refractivity contribution in [2.24, 2.45) is 0 Å². The Morgan fingerprint density at radius 3 is 1.08 bits per heavy atom. The zero-order valence-electron chi connectivity index (χ0n) is 55.6. The summed E-state index contributed by atoms with van der Waals surface area (Å²) in [6, 6.07) is -1.19. The molecule has 1 aliphatic rings. The molecule has 9 unspecified atom stereocenters. The Labute approximate surface area is 524 Å². The Balaban J connectivity index is 2.14. The summed E-state index contributed by atoms with van der Waals surface area (Å²) in [6.45, 7) is 3.50. The van der Waals surface area contributed by atoms with Crippen molar-refractivity contribution in [1.82, 2.24) is 5.32 Å². The van der Waals surface area contributed by atoms with Crippen LogP contribution in [-0.4, -0.2) is 110 Å². The Bertz CT molecular complexity index is 1480. The second-order valence-corrected chi connectivity index (χ2v) is 26.0. The van der Waals surface area contributed by atoms with Crippen LogP contribution in [0.25, 0.3) is 0 Å². The van der Waals surface area contributed by atoms with E-state index in [0.29, 0.717) is 12.8 Å². The summed E-state index contributed by atoms with van der Waals surface area (Å²) in [4.78, 5) is 13.3. The maximum Gasteiger partial charge on any atom is 0.249 e. The van der Waals surface area contributed by atoms with Gasteiger partial charge >= 0.3 is 0 Å². The number of rotatable bonds is 65. The Kier molecular flexibility index (Phi) is 59.8. The molecule has 0 saturated carbocycles. The lowest BCUT2D eigenvalue weighted by Crippen LogP contribution is -2.60. The largest absolute Gasteiger partial charge is 0.394 e. The van der Waals surface area contributed by atoms with Crippen LogP contribution >= 0.6 is 0 Å². The van der Waals surface area contributed by atoms with E-state index in [-0.39, 0.29) is 12.8 Å². The summed E-state index contributed by atoms with van der Waals surface area (Å²) in [7, 11) is 0. The lowest BCUT2D eigenvalue weighted by Gasteiger charge is -2.40. The van der Waals surface area contributed by atoms with E-state index in [0.717, 1.165) is 44.9 Å². The molecule has 9 atom stereocenters. The van der Waals surface area contributed by atoms with Gasteiger partial charge in [0.1, 0.15) is 36.6 Å². The van der Waals surface area contributed by atoms with Crippen LogP contribution in [0.5, 0.6) is 0 Å². The third-order valence-corrected chi connectivity index (χ3v) is 17.9. The van der Waals surface area contributed by atoms with Gasteiger partial charge in [0, 0.05) is 0 Å². The summed E-state index contributed by atoms with van der Waals surface area (Å²) in [6.07, 6.45) is 69.7. The van der Waals surface area contributed by atoms with Crippen LogP contribution < -0.4 is 5.32 Å². The van der Waals surface area contributed by atoms with E-state index >= 15 is 0 Å². The highest BCUT2D eigenvalue weighted by Crippen LogP contribution is 2.24. The van der Waals surface area contributed by atoms with Crippen LogP contribution in [0.2, 0.25) is 0 Å². The first-order valence-corrected chi connectivity index (χ1v) is 36.9. The van der Waals surface area contributed by atoms with Gasteiger partial charge in [0.25, 0.3) is 0 Å². The normalized spacial score (nSPS) is 19.0. The fourth-order valence-corrected chi connectivity index (χ4v) is 12.0. The number of amides is 1. The quantitative estimate of drug-likeness (QED) is 0.0215. The topological polar surface area (TPSA) is 189 Å². The number of aliphatic hydroxyl groups excluding tert-OH is 7. The lowest BCUT2D eigenvalue weighted by molar-refractivity contribution is -0.303. The summed E-state index contributed by atoms with van der Waals surface area (Å²) >= 11 is 0. The van der Waals surface area contributed by atoms with Crippen LogP contribution in [-0.2, 0) is 14.3 Å². The minimum atomic E-state index is -1.67. The molecule has 1 heterocycles. The number of hydrogen-bond donors (Lipinski definition) is 8. The summed E-state index contributed by atoms with van der Waals surface area (Å²) in [5.41, 5.74) is 0. The molecule has 1 fully saturated rings. The number of nitrogens with one attached hydrogen (secondary N) is 1. The molecule has 0 bridgehead atoms. The zero-order valence-corrected chi connectivity index (χ0v) is 55.6. The van der Waals surface area contributed by atoms with Gasteiger partial charge in [-0.3, -0.25) is 4.79 Å². The number of ether oxygens (including phenoxy) is 2. The number of hydrogen-bond acceptors (Lipinski definition) is 10. The summed E-state index contributed by atoms with van der Waals surface area (Å²) in [5.74, 6) is -0.701. The van der Waals surface area contributed by atoms with Crippen molar-refractivity contribution in [2.75, 3.05) is 13.2 Å². The predicted molar refractivity (Wildman–Crippen MR) is 358 cm³/mol. The Morgan fingerprint density at radius 2 is 0.729 bits per heavy atom. The molecule has 85 heavy (non-hydrogen) atoms. The Hall–Kier alpha value is -1.67. The van der Waals surface area contributed by atoms with E-state index in [2.05, 4.69) is 55.6 Å². The molecule has 11 heteroatoms. The molecule has 0 aliphatic carbocycles. The molecule has 1 rings (SSSR count). The third-order valence-electron chi connectivity index (χ3n) is 17.9. The fraction of sp³-hybridized carbons (Fsp3) is 0.905. The summed E-state index contributed by atoms with van der Waals surface area (Å²) < 4.78 is 11.2. The maximum atomic E-state index is 13.3. The smallest absolute Gasteiger partial charge is 0.249 e. The van der Waals surface area contributed by atoms with Gasteiger partial charge in [-0.15, -0.1) is 0 Å². The monoisotopic (exact) mass is 1200 g/mol. The zero-order chi connectivity index (χ0) is 61.7. The van der Waals surface area contributed by atoms with E-state index in [4.69, 9.17) is 9.47 Å². The first-order chi connectivity index (χ1) is 41.7. The second kappa shape index (κ2) is 62.5. The third kappa shape index (κ3) is 49.8. The van der Waals surface area contributed by atoms with Gasteiger partial charge in [0.05, 0.1) is 25.4 Å². The number of carbonyl (C=O) groups excluding carboxylic acids is 1. The van der Waals surface area contributed by atoms with Crippen molar-refractivity contribution in [3.8, 4) is 0 Å². The molecule has 0 spiro atoms. The van der Waals surface area contributed by atoms with E-state index < -0.39 is 74.2 Å². The SMILES string of the molecule is CCCCCCCCCCCCCCCCC/C=C\C/C=C\CCCCCCCCCCCCCCCCCCC(O)C(=O)NC(COC1OC(CO)C(O)C(O)C1O)C(O)C(O)CCC/C=C/CCCCCCCCCCCCCCCCC. The van der Waals surface area contributed by atoms with Gasteiger partial charge in [0.15, 0.2) is 6.29 Å². The van der Waals surface area contributed by atoms with Crippen molar-refractivity contribution in [3.05, 3.63) is 36.5 Å². The predicted octanol–water partition coefficient (Wildman–Crippen LogP) is 18.1. The van der Waals surface area contributed by atoms with E-state index in [1.54, 1.807) is 0 Å². The molecular formula is C74H141NO10. The highest BCUT2D eigenvalue weighted by molar-refractivity contribution is 5.80. The van der Waals surface area contributed by atoms with Crippen molar-refractivity contribution < 1.29 is 50.0 Å². The van der Waals surface area contributed by atoms with Crippen molar-refractivity contribution in [1.29, 1.82) is 0 Å². The summed E-state index contributed by atoms with van der Waals surface area (Å²) in [5, 5.41) is 76.5. The van der Waals surface area contributed by atoms with Gasteiger partial charge in [-0.25, -0.2) is 0 Å². The van der Waals surface area contributed by atoms with E-state index in [1.165, 1.54) is 276 Å². The molecule has 1 amide bonds. The van der Waals surface area contributed by atoms with Crippen molar-refractivity contribution >= 4 is 5.91 Å². The highest BCUT2D eigenvalue weighted by atomic mass is 16.7. The van der Waals surface area contributed by atoms with Gasteiger partial charge in [-0.05, 0) is 70.6 Å². The Morgan fingerprint density at radius 1 is 0.412 bits per heavy atom. The van der Waals surface area contributed by atoms with Gasteiger partial charge in [-0.2, -0.15) is 0 Å². The number of aliphatic hydroxyl groups is 7. The van der Waals surface area contributed by atoms with Crippen molar-refractivity contribution in [2.45, 2.75) is 416 Å². The maximum absolute atomic E-state index is 13.3. The van der Waals surface area contributed by atoms with Gasteiger partial charge < -0.3 is 50.5 Å². The molecule has 8 N–H and O–H groups in total. The number of unbranched alkanes of at least 4 members (excludes halogenated alkanes) is 47. The van der Waals surface area contributed by atoms with Crippen molar-refractivity contribution in [3.63, 3.8) is 0 Å². The first-order valence-electron chi connectivity index (χ1n) is 36.9. The molecule has 0 radical (unpaired) electrons. The first kappa shape index (κ1) is 81.3. The average Bonchev–Trinajstić information content (AvgIpc) is 3.67. The second-order valence-electron chi connectivity index (χ2n) is 26.0. The number of allylic oxidation sites excluding steroid dienone is 6. The molecule has 0 aromatic heterocycles. The van der Waals surface area contributed by atoms with Crippen LogP contribution in [0, 0.1) is 0 Å². The minimum Gasteiger partial charge on any atom is -0.394 e. The van der Waals surface area contributed by atoms with Crippen LogP contribution in [0.15, 0.2) is 36.5 Å². The molecule has 1 aliphatic heterocycles.